The number of benzene rings is 2. The van der Waals surface area contributed by atoms with E-state index in [2.05, 4.69) is 13.8 Å². The van der Waals surface area contributed by atoms with E-state index in [1.807, 2.05) is 4.90 Å². The van der Waals surface area contributed by atoms with Crippen LogP contribution in [0.5, 0.6) is 11.5 Å². The number of carbonyl (C=O) groups excluding carboxylic acids is 3. The third kappa shape index (κ3) is 5.26. The van der Waals surface area contributed by atoms with Crippen molar-refractivity contribution in [3.63, 3.8) is 0 Å². The second-order valence-electron chi connectivity index (χ2n) is 7.71. The molecule has 0 spiro atoms. The Morgan fingerprint density at radius 3 is 1.97 bits per heavy atom. The fourth-order valence-electron chi connectivity index (χ4n) is 3.74. The monoisotopic (exact) mass is 409 g/mol. The first kappa shape index (κ1) is 21.6. The number of Topliss-reactive ketones (excluding diaryl/α,β-unsaturated/α-hetero) is 1. The van der Waals surface area contributed by atoms with E-state index in [0.717, 1.165) is 19.3 Å². The van der Waals surface area contributed by atoms with Crippen molar-refractivity contribution >= 4 is 17.7 Å². The zero-order valence-electron chi connectivity index (χ0n) is 17.6. The van der Waals surface area contributed by atoms with Crippen molar-refractivity contribution in [3.05, 3.63) is 59.7 Å². The lowest BCUT2D eigenvalue weighted by molar-refractivity contribution is -0.139. The highest BCUT2D eigenvalue weighted by molar-refractivity contribution is 5.94. The maximum atomic E-state index is 12.5. The molecule has 1 heterocycles. The van der Waals surface area contributed by atoms with Gasteiger partial charge in [0.15, 0.2) is 12.4 Å². The van der Waals surface area contributed by atoms with E-state index >= 15 is 0 Å². The highest BCUT2D eigenvalue weighted by Gasteiger charge is 2.28. The second kappa shape index (κ2) is 9.57. The van der Waals surface area contributed by atoms with Gasteiger partial charge in [0, 0.05) is 17.6 Å². The number of carbonyl (C=O) groups is 3. The number of piperidine rings is 1. The largest absolute Gasteiger partial charge is 0.484 e. The summed E-state index contributed by atoms with van der Waals surface area (Å²) in [5, 5.41) is 0. The van der Waals surface area contributed by atoms with Crippen molar-refractivity contribution in [2.24, 2.45) is 0 Å². The lowest BCUT2D eigenvalue weighted by Gasteiger charge is -2.38. The van der Waals surface area contributed by atoms with Crippen molar-refractivity contribution in [2.45, 2.75) is 52.1 Å². The molecule has 1 fully saturated rings. The minimum atomic E-state index is -0.510. The molecule has 2 aromatic carbocycles. The molecule has 2 aromatic rings. The van der Waals surface area contributed by atoms with E-state index in [0.29, 0.717) is 22.6 Å². The highest BCUT2D eigenvalue weighted by atomic mass is 16.5. The third-order valence-corrected chi connectivity index (χ3v) is 5.41. The molecular weight excluding hydrogens is 382 g/mol. The molecule has 0 saturated carbocycles. The summed E-state index contributed by atoms with van der Waals surface area (Å²) in [6.07, 6.45) is 3.18. The van der Waals surface area contributed by atoms with Crippen molar-refractivity contribution in [3.8, 4) is 11.5 Å². The molecule has 0 aromatic heterocycles. The molecule has 158 valence electrons. The zero-order chi connectivity index (χ0) is 21.7. The van der Waals surface area contributed by atoms with E-state index in [1.54, 1.807) is 48.5 Å². The maximum Gasteiger partial charge on any atom is 0.343 e. The topological polar surface area (TPSA) is 72.9 Å². The SMILES string of the molecule is CC(=O)c1ccc(OC(=O)c2ccc(OCC(=O)N3[C@H](C)CCC[C@H]3C)cc2)cc1. The van der Waals surface area contributed by atoms with Crippen LogP contribution in [0.4, 0.5) is 0 Å². The van der Waals surface area contributed by atoms with Crippen LogP contribution in [0, 0.1) is 0 Å². The Morgan fingerprint density at radius 2 is 1.40 bits per heavy atom. The van der Waals surface area contributed by atoms with Crippen molar-refractivity contribution in [1.29, 1.82) is 0 Å². The van der Waals surface area contributed by atoms with Gasteiger partial charge in [-0.2, -0.15) is 0 Å². The van der Waals surface area contributed by atoms with Crippen LogP contribution in [0.1, 0.15) is 60.7 Å². The maximum absolute atomic E-state index is 12.5. The van der Waals surface area contributed by atoms with Crippen LogP contribution >= 0.6 is 0 Å². The molecule has 0 N–H and O–H groups in total. The van der Waals surface area contributed by atoms with Gasteiger partial charge in [-0.15, -0.1) is 0 Å². The van der Waals surface area contributed by atoms with Gasteiger partial charge in [-0.25, -0.2) is 4.79 Å². The average Bonchev–Trinajstić information content (AvgIpc) is 2.73. The van der Waals surface area contributed by atoms with Gasteiger partial charge >= 0.3 is 5.97 Å². The summed E-state index contributed by atoms with van der Waals surface area (Å²) in [5.41, 5.74) is 0.918. The quantitative estimate of drug-likeness (QED) is 0.405. The molecule has 0 aliphatic carbocycles. The van der Waals surface area contributed by atoms with Gasteiger partial charge in [0.1, 0.15) is 11.5 Å². The molecular formula is C24H27NO5. The van der Waals surface area contributed by atoms with Gasteiger partial charge in [0.05, 0.1) is 5.56 Å². The van der Waals surface area contributed by atoms with E-state index < -0.39 is 5.97 Å². The lowest BCUT2D eigenvalue weighted by Crippen LogP contribution is -2.49. The summed E-state index contributed by atoms with van der Waals surface area (Å²) in [6.45, 7) is 5.59. The molecule has 1 aliphatic heterocycles. The smallest absolute Gasteiger partial charge is 0.343 e. The molecule has 0 bridgehead atoms. The third-order valence-electron chi connectivity index (χ3n) is 5.41. The number of hydrogen-bond donors (Lipinski definition) is 0. The van der Waals surface area contributed by atoms with Crippen molar-refractivity contribution in [2.75, 3.05) is 6.61 Å². The number of ether oxygens (including phenoxy) is 2. The first-order valence-corrected chi connectivity index (χ1v) is 10.2. The molecule has 3 rings (SSSR count). The summed E-state index contributed by atoms with van der Waals surface area (Å²) in [6, 6.07) is 13.3. The first-order valence-electron chi connectivity index (χ1n) is 10.2. The summed E-state index contributed by atoms with van der Waals surface area (Å²) in [7, 11) is 0. The van der Waals surface area contributed by atoms with Crippen LogP contribution in [0.2, 0.25) is 0 Å². The Balaban J connectivity index is 1.54. The van der Waals surface area contributed by atoms with Gasteiger partial charge in [-0.3, -0.25) is 9.59 Å². The predicted molar refractivity (Wildman–Crippen MR) is 113 cm³/mol. The van der Waals surface area contributed by atoms with Crippen LogP contribution < -0.4 is 9.47 Å². The Labute approximate surface area is 176 Å². The fourth-order valence-corrected chi connectivity index (χ4v) is 3.74. The van der Waals surface area contributed by atoms with Gasteiger partial charge in [-0.05, 0) is 88.6 Å². The van der Waals surface area contributed by atoms with E-state index in [-0.39, 0.29) is 30.4 Å². The van der Waals surface area contributed by atoms with E-state index in [1.165, 1.54) is 6.92 Å². The number of rotatable bonds is 6. The van der Waals surface area contributed by atoms with Gasteiger partial charge in [0.2, 0.25) is 0 Å². The summed E-state index contributed by atoms with van der Waals surface area (Å²) >= 11 is 0. The van der Waals surface area contributed by atoms with Crippen molar-refractivity contribution in [1.82, 2.24) is 4.90 Å². The molecule has 6 nitrogen and oxygen atoms in total. The molecule has 30 heavy (non-hydrogen) atoms. The minimum absolute atomic E-state index is 0.0211. The fraction of sp³-hybridized carbons (Fsp3) is 0.375. The zero-order valence-corrected chi connectivity index (χ0v) is 17.6. The van der Waals surface area contributed by atoms with Gasteiger partial charge in [-0.1, -0.05) is 0 Å². The van der Waals surface area contributed by atoms with Crippen LogP contribution in [0.25, 0.3) is 0 Å². The number of likely N-dealkylation sites (tertiary alicyclic amines) is 1. The van der Waals surface area contributed by atoms with Crippen LogP contribution in [0.3, 0.4) is 0 Å². The number of ketones is 1. The molecule has 0 unspecified atom stereocenters. The number of esters is 1. The van der Waals surface area contributed by atoms with Crippen LogP contribution in [-0.2, 0) is 4.79 Å². The van der Waals surface area contributed by atoms with Crippen LogP contribution in [-0.4, -0.2) is 41.3 Å². The van der Waals surface area contributed by atoms with Gasteiger partial charge in [0.25, 0.3) is 5.91 Å². The predicted octanol–water partition coefficient (Wildman–Crippen LogP) is 4.28. The molecule has 1 saturated heterocycles. The molecule has 1 aliphatic rings. The lowest BCUT2D eigenvalue weighted by atomic mass is 9.97. The summed E-state index contributed by atoms with van der Waals surface area (Å²) < 4.78 is 11.0. The number of amides is 1. The Kier molecular flexibility index (Phi) is 6.87. The van der Waals surface area contributed by atoms with Crippen LogP contribution in [0.15, 0.2) is 48.5 Å². The summed E-state index contributed by atoms with van der Waals surface area (Å²) in [4.78, 5) is 38.1. The van der Waals surface area contributed by atoms with E-state index in [9.17, 15) is 14.4 Å². The minimum Gasteiger partial charge on any atom is -0.484 e. The number of hydrogen-bond acceptors (Lipinski definition) is 5. The Bertz CT molecular complexity index is 894. The highest BCUT2D eigenvalue weighted by Crippen LogP contribution is 2.23. The molecule has 6 heteroatoms. The second-order valence-corrected chi connectivity index (χ2v) is 7.71. The first-order chi connectivity index (χ1) is 14.3. The van der Waals surface area contributed by atoms with Gasteiger partial charge < -0.3 is 14.4 Å². The molecule has 1 amide bonds. The Morgan fingerprint density at radius 1 is 0.867 bits per heavy atom. The standard InChI is InChI=1S/C24H27NO5/c1-16-5-4-6-17(2)25(16)23(27)15-29-21-11-9-20(10-12-21)24(28)30-22-13-7-19(8-14-22)18(3)26/h7-14,16-17H,4-6,15H2,1-3H3/t16-,17-/m1/s1. The Hall–Kier alpha value is -3.15. The van der Waals surface area contributed by atoms with E-state index in [4.69, 9.17) is 9.47 Å². The molecule has 0 radical (unpaired) electrons. The summed E-state index contributed by atoms with van der Waals surface area (Å²) in [5.74, 6) is 0.297. The molecule has 2 atom stereocenters. The van der Waals surface area contributed by atoms with Crippen molar-refractivity contribution < 1.29 is 23.9 Å². The number of nitrogens with zero attached hydrogens (tertiary/aromatic N) is 1. The normalized spacial score (nSPS) is 18.6. The average molecular weight is 409 g/mol.